The lowest BCUT2D eigenvalue weighted by Gasteiger charge is -2.10. The molecule has 120 valence electrons. The molecule has 0 spiro atoms. The van der Waals surface area contributed by atoms with Crippen molar-refractivity contribution in [1.29, 1.82) is 0 Å². The second-order valence-corrected chi connectivity index (χ2v) is 5.38. The molecule has 0 aliphatic heterocycles. The molecule has 3 aromatic rings. The second kappa shape index (κ2) is 6.65. The Balaban J connectivity index is 1.80. The molecule has 0 amide bonds. The SMILES string of the molecule is CCc1c[nH]c2ccc(OCc3cc(OC)cc(OC)c3)cc12. The Bertz CT molecular complexity index is 785. The van der Waals surface area contributed by atoms with Crippen LogP contribution < -0.4 is 14.2 Å². The van der Waals surface area contributed by atoms with E-state index in [1.54, 1.807) is 14.2 Å². The van der Waals surface area contributed by atoms with E-state index in [1.807, 2.05) is 24.3 Å². The molecule has 1 aromatic heterocycles. The average Bonchev–Trinajstić information content (AvgIpc) is 3.01. The van der Waals surface area contributed by atoms with Crippen LogP contribution in [0.4, 0.5) is 0 Å². The number of hydrogen-bond acceptors (Lipinski definition) is 3. The third-order valence-corrected chi connectivity index (χ3v) is 3.94. The van der Waals surface area contributed by atoms with E-state index in [0.29, 0.717) is 6.61 Å². The van der Waals surface area contributed by atoms with Crippen molar-refractivity contribution >= 4 is 10.9 Å². The molecule has 1 heterocycles. The van der Waals surface area contributed by atoms with Gasteiger partial charge in [-0.1, -0.05) is 6.92 Å². The molecule has 0 fully saturated rings. The quantitative estimate of drug-likeness (QED) is 0.737. The summed E-state index contributed by atoms with van der Waals surface area (Å²) in [5.41, 5.74) is 3.44. The van der Waals surface area contributed by atoms with Crippen LogP contribution in [0.15, 0.2) is 42.6 Å². The standard InChI is InChI=1S/C19H21NO3/c1-4-14-11-20-19-6-5-15(10-18(14)19)23-12-13-7-16(21-2)9-17(8-13)22-3/h5-11,20H,4,12H2,1-3H3. The highest BCUT2D eigenvalue weighted by atomic mass is 16.5. The molecule has 0 atom stereocenters. The van der Waals surface area contributed by atoms with Gasteiger partial charge in [0.2, 0.25) is 0 Å². The van der Waals surface area contributed by atoms with Crippen LogP contribution in [-0.4, -0.2) is 19.2 Å². The molecule has 1 N–H and O–H groups in total. The molecule has 23 heavy (non-hydrogen) atoms. The molecule has 0 radical (unpaired) electrons. The largest absolute Gasteiger partial charge is 0.497 e. The average molecular weight is 311 g/mol. The monoisotopic (exact) mass is 311 g/mol. The van der Waals surface area contributed by atoms with Gasteiger partial charge in [-0.05, 0) is 47.9 Å². The van der Waals surface area contributed by atoms with Crippen LogP contribution in [0, 0.1) is 0 Å². The molecule has 0 aliphatic carbocycles. The Morgan fingerprint density at radius 3 is 2.30 bits per heavy atom. The van der Waals surface area contributed by atoms with Gasteiger partial charge in [0.25, 0.3) is 0 Å². The van der Waals surface area contributed by atoms with E-state index in [2.05, 4.69) is 30.2 Å². The van der Waals surface area contributed by atoms with Gasteiger partial charge < -0.3 is 19.2 Å². The van der Waals surface area contributed by atoms with E-state index in [9.17, 15) is 0 Å². The van der Waals surface area contributed by atoms with E-state index < -0.39 is 0 Å². The highest BCUT2D eigenvalue weighted by molar-refractivity contribution is 5.84. The smallest absolute Gasteiger partial charge is 0.122 e. The predicted octanol–water partition coefficient (Wildman–Crippen LogP) is 4.33. The molecule has 2 aromatic carbocycles. The number of rotatable bonds is 6. The fourth-order valence-electron chi connectivity index (χ4n) is 2.66. The van der Waals surface area contributed by atoms with Crippen molar-refractivity contribution < 1.29 is 14.2 Å². The van der Waals surface area contributed by atoms with E-state index >= 15 is 0 Å². The molecule has 0 saturated heterocycles. The van der Waals surface area contributed by atoms with Gasteiger partial charge in [-0.25, -0.2) is 0 Å². The first-order chi connectivity index (χ1) is 11.2. The number of benzene rings is 2. The zero-order valence-electron chi connectivity index (χ0n) is 13.7. The van der Waals surface area contributed by atoms with Crippen molar-refractivity contribution in [2.45, 2.75) is 20.0 Å². The lowest BCUT2D eigenvalue weighted by molar-refractivity contribution is 0.304. The third kappa shape index (κ3) is 3.26. The molecule has 0 aliphatic rings. The number of aryl methyl sites for hydroxylation is 1. The summed E-state index contributed by atoms with van der Waals surface area (Å²) in [5, 5.41) is 1.22. The van der Waals surface area contributed by atoms with Crippen LogP contribution in [0.3, 0.4) is 0 Å². The zero-order chi connectivity index (χ0) is 16.2. The molecule has 0 bridgehead atoms. The van der Waals surface area contributed by atoms with Gasteiger partial charge in [-0.3, -0.25) is 0 Å². The summed E-state index contributed by atoms with van der Waals surface area (Å²) < 4.78 is 16.5. The maximum atomic E-state index is 5.94. The number of fused-ring (bicyclic) bond motifs is 1. The van der Waals surface area contributed by atoms with Crippen molar-refractivity contribution in [2.75, 3.05) is 14.2 Å². The van der Waals surface area contributed by atoms with Crippen LogP contribution in [0.1, 0.15) is 18.1 Å². The van der Waals surface area contributed by atoms with Gasteiger partial charge in [0.1, 0.15) is 23.9 Å². The van der Waals surface area contributed by atoms with Gasteiger partial charge in [0, 0.05) is 23.2 Å². The van der Waals surface area contributed by atoms with Crippen LogP contribution in [0.2, 0.25) is 0 Å². The Hall–Kier alpha value is -2.62. The Morgan fingerprint density at radius 1 is 0.913 bits per heavy atom. The summed E-state index contributed by atoms with van der Waals surface area (Å²) in [4.78, 5) is 3.28. The fraction of sp³-hybridized carbons (Fsp3) is 0.263. The first-order valence-corrected chi connectivity index (χ1v) is 7.68. The predicted molar refractivity (Wildman–Crippen MR) is 91.6 cm³/mol. The highest BCUT2D eigenvalue weighted by Gasteiger charge is 2.06. The molecular weight excluding hydrogens is 290 g/mol. The number of hydrogen-bond donors (Lipinski definition) is 1. The van der Waals surface area contributed by atoms with Crippen LogP contribution in [0.25, 0.3) is 10.9 Å². The summed E-state index contributed by atoms with van der Waals surface area (Å²) in [7, 11) is 3.29. The van der Waals surface area contributed by atoms with Crippen molar-refractivity contribution in [3.8, 4) is 17.2 Å². The van der Waals surface area contributed by atoms with Crippen molar-refractivity contribution in [1.82, 2.24) is 4.98 Å². The van der Waals surface area contributed by atoms with Crippen LogP contribution in [-0.2, 0) is 13.0 Å². The number of methoxy groups -OCH3 is 2. The summed E-state index contributed by atoms with van der Waals surface area (Å²) in [6, 6.07) is 11.9. The highest BCUT2D eigenvalue weighted by Crippen LogP contribution is 2.26. The van der Waals surface area contributed by atoms with E-state index in [1.165, 1.54) is 10.9 Å². The number of aromatic amines is 1. The summed E-state index contributed by atoms with van der Waals surface area (Å²) >= 11 is 0. The minimum atomic E-state index is 0.463. The number of nitrogens with one attached hydrogen (secondary N) is 1. The zero-order valence-corrected chi connectivity index (χ0v) is 13.7. The van der Waals surface area contributed by atoms with Crippen LogP contribution >= 0.6 is 0 Å². The lowest BCUT2D eigenvalue weighted by Crippen LogP contribution is -1.97. The van der Waals surface area contributed by atoms with Gasteiger partial charge in [0.05, 0.1) is 14.2 Å². The normalized spacial score (nSPS) is 10.7. The van der Waals surface area contributed by atoms with E-state index in [-0.39, 0.29) is 0 Å². The van der Waals surface area contributed by atoms with Gasteiger partial charge in [-0.15, -0.1) is 0 Å². The van der Waals surface area contributed by atoms with E-state index in [4.69, 9.17) is 14.2 Å². The van der Waals surface area contributed by atoms with Crippen LogP contribution in [0.5, 0.6) is 17.2 Å². The molecule has 3 rings (SSSR count). The first kappa shape index (κ1) is 15.3. The number of aromatic nitrogens is 1. The van der Waals surface area contributed by atoms with Crippen molar-refractivity contribution in [2.24, 2.45) is 0 Å². The minimum Gasteiger partial charge on any atom is -0.497 e. The maximum absolute atomic E-state index is 5.94. The Labute approximate surface area is 136 Å². The molecule has 4 heteroatoms. The summed E-state index contributed by atoms with van der Waals surface area (Å²) in [6.45, 7) is 2.61. The maximum Gasteiger partial charge on any atom is 0.122 e. The second-order valence-electron chi connectivity index (χ2n) is 5.38. The third-order valence-electron chi connectivity index (χ3n) is 3.94. The minimum absolute atomic E-state index is 0.463. The molecule has 4 nitrogen and oxygen atoms in total. The van der Waals surface area contributed by atoms with Crippen molar-refractivity contribution in [3.63, 3.8) is 0 Å². The molecule has 0 saturated carbocycles. The lowest BCUT2D eigenvalue weighted by atomic mass is 10.1. The van der Waals surface area contributed by atoms with Gasteiger partial charge in [-0.2, -0.15) is 0 Å². The van der Waals surface area contributed by atoms with Gasteiger partial charge in [0.15, 0.2) is 0 Å². The fourth-order valence-corrected chi connectivity index (χ4v) is 2.66. The molecule has 0 unspecified atom stereocenters. The van der Waals surface area contributed by atoms with Gasteiger partial charge >= 0.3 is 0 Å². The number of H-pyrrole nitrogens is 1. The Kier molecular flexibility index (Phi) is 4.42. The Morgan fingerprint density at radius 2 is 1.65 bits per heavy atom. The number of ether oxygens (including phenoxy) is 3. The topological polar surface area (TPSA) is 43.5 Å². The first-order valence-electron chi connectivity index (χ1n) is 7.68. The summed E-state index contributed by atoms with van der Waals surface area (Å²) in [6.07, 6.45) is 3.05. The summed E-state index contributed by atoms with van der Waals surface area (Å²) in [5.74, 6) is 2.38. The van der Waals surface area contributed by atoms with E-state index in [0.717, 1.165) is 34.7 Å². The molecular formula is C19H21NO3. The van der Waals surface area contributed by atoms with Crippen molar-refractivity contribution in [3.05, 3.63) is 53.7 Å².